The first-order valence-electron chi connectivity index (χ1n) is 6.62. The third kappa shape index (κ3) is 2.48. The van der Waals surface area contributed by atoms with Gasteiger partial charge in [0.15, 0.2) is 0 Å². The Morgan fingerprint density at radius 2 is 2.00 bits per heavy atom. The number of rotatable bonds is 2. The van der Waals surface area contributed by atoms with Crippen molar-refractivity contribution in [2.75, 3.05) is 38.2 Å². The number of anilines is 1. The first kappa shape index (κ1) is 12.9. The number of ether oxygens (including phenoxy) is 1. The molecule has 104 valence electrons. The van der Waals surface area contributed by atoms with Crippen LogP contribution in [-0.2, 0) is 21.2 Å². The van der Waals surface area contributed by atoms with Crippen molar-refractivity contribution in [3.63, 3.8) is 0 Å². The van der Waals surface area contributed by atoms with Gasteiger partial charge in [0.1, 0.15) is 0 Å². The van der Waals surface area contributed by atoms with Crippen LogP contribution in [0.3, 0.4) is 0 Å². The number of fused-ring (bicyclic) bond motifs is 1. The van der Waals surface area contributed by atoms with Crippen LogP contribution in [0.2, 0.25) is 0 Å². The third-order valence-electron chi connectivity index (χ3n) is 3.63. The van der Waals surface area contributed by atoms with E-state index in [1.54, 1.807) is 12.1 Å². The van der Waals surface area contributed by atoms with Crippen LogP contribution in [0.1, 0.15) is 12.0 Å². The molecule has 0 bridgehead atoms. The van der Waals surface area contributed by atoms with E-state index in [1.165, 1.54) is 9.87 Å². The Hall–Kier alpha value is -1.11. The van der Waals surface area contributed by atoms with Gasteiger partial charge in [-0.15, -0.1) is 0 Å². The summed E-state index contributed by atoms with van der Waals surface area (Å²) in [4.78, 5) is 0.377. The number of benzene rings is 1. The Labute approximate surface area is 113 Å². The van der Waals surface area contributed by atoms with Crippen LogP contribution in [0.5, 0.6) is 0 Å². The molecule has 0 aliphatic carbocycles. The van der Waals surface area contributed by atoms with E-state index in [0.29, 0.717) is 31.2 Å². The highest BCUT2D eigenvalue weighted by atomic mass is 32.2. The average Bonchev–Trinajstić information content (AvgIpc) is 2.47. The summed E-state index contributed by atoms with van der Waals surface area (Å²) >= 11 is 0. The van der Waals surface area contributed by atoms with Gasteiger partial charge in [-0.3, -0.25) is 0 Å². The maximum atomic E-state index is 12.5. The van der Waals surface area contributed by atoms with Crippen LogP contribution < -0.4 is 5.32 Å². The molecule has 0 unspecified atom stereocenters. The van der Waals surface area contributed by atoms with Crippen LogP contribution in [0, 0.1) is 0 Å². The van der Waals surface area contributed by atoms with Crippen molar-refractivity contribution in [3.05, 3.63) is 23.8 Å². The van der Waals surface area contributed by atoms with Crippen molar-refractivity contribution in [2.45, 2.75) is 17.7 Å². The van der Waals surface area contributed by atoms with E-state index >= 15 is 0 Å². The number of sulfonamides is 1. The quantitative estimate of drug-likeness (QED) is 0.881. The monoisotopic (exact) mass is 282 g/mol. The van der Waals surface area contributed by atoms with E-state index in [1.807, 2.05) is 6.07 Å². The van der Waals surface area contributed by atoms with Crippen molar-refractivity contribution >= 4 is 15.7 Å². The summed E-state index contributed by atoms with van der Waals surface area (Å²) in [5, 5.41) is 3.27. The summed E-state index contributed by atoms with van der Waals surface area (Å²) in [5.74, 6) is 0. The maximum Gasteiger partial charge on any atom is 0.243 e. The Balaban J connectivity index is 1.92. The Bertz CT molecular complexity index is 565. The van der Waals surface area contributed by atoms with Crippen LogP contribution in [0.15, 0.2) is 23.1 Å². The second kappa shape index (κ2) is 5.11. The second-order valence-corrected chi connectivity index (χ2v) is 6.80. The molecule has 0 spiro atoms. The van der Waals surface area contributed by atoms with Gasteiger partial charge >= 0.3 is 0 Å². The highest BCUT2D eigenvalue weighted by Crippen LogP contribution is 2.27. The molecule has 1 aromatic rings. The summed E-state index contributed by atoms with van der Waals surface area (Å²) in [5.41, 5.74) is 2.16. The molecule has 0 amide bonds. The molecule has 1 saturated heterocycles. The number of morpholine rings is 1. The van der Waals surface area contributed by atoms with Crippen LogP contribution >= 0.6 is 0 Å². The minimum absolute atomic E-state index is 0.377. The minimum atomic E-state index is -3.38. The summed E-state index contributed by atoms with van der Waals surface area (Å²) in [7, 11) is -3.38. The van der Waals surface area contributed by atoms with Crippen molar-refractivity contribution < 1.29 is 13.2 Å². The second-order valence-electron chi connectivity index (χ2n) is 4.87. The predicted molar refractivity (Wildman–Crippen MR) is 72.8 cm³/mol. The third-order valence-corrected chi connectivity index (χ3v) is 5.52. The molecule has 6 heteroatoms. The molecule has 0 saturated carbocycles. The zero-order valence-electron chi connectivity index (χ0n) is 10.8. The van der Waals surface area contributed by atoms with E-state index in [0.717, 1.165) is 25.1 Å². The highest BCUT2D eigenvalue weighted by Gasteiger charge is 2.27. The van der Waals surface area contributed by atoms with Crippen molar-refractivity contribution in [2.24, 2.45) is 0 Å². The summed E-state index contributed by atoms with van der Waals surface area (Å²) < 4.78 is 31.7. The minimum Gasteiger partial charge on any atom is -0.385 e. The van der Waals surface area contributed by atoms with Crippen molar-refractivity contribution in [1.82, 2.24) is 4.31 Å². The molecule has 19 heavy (non-hydrogen) atoms. The number of hydrogen-bond acceptors (Lipinski definition) is 4. The molecule has 5 nitrogen and oxygen atoms in total. The molecule has 1 fully saturated rings. The van der Waals surface area contributed by atoms with E-state index in [4.69, 9.17) is 4.74 Å². The molecule has 2 aliphatic heterocycles. The standard InChI is InChI=1S/C13H18N2O3S/c16-19(17,15-6-8-18-9-7-15)12-4-3-11-2-1-5-14-13(11)10-12/h3-4,10,14H,1-2,5-9H2. The SMILES string of the molecule is O=S(=O)(c1ccc2c(c1)NCCC2)N1CCOCC1. The van der Waals surface area contributed by atoms with E-state index in [2.05, 4.69) is 5.32 Å². The van der Waals surface area contributed by atoms with Gasteiger partial charge in [-0.1, -0.05) is 6.07 Å². The van der Waals surface area contributed by atoms with Gasteiger partial charge in [-0.25, -0.2) is 8.42 Å². The molecule has 2 aliphatic rings. The molecule has 1 N–H and O–H groups in total. The van der Waals surface area contributed by atoms with Gasteiger partial charge in [0, 0.05) is 25.3 Å². The molecule has 1 aromatic carbocycles. The number of hydrogen-bond donors (Lipinski definition) is 1. The molecule has 0 atom stereocenters. The highest BCUT2D eigenvalue weighted by molar-refractivity contribution is 7.89. The summed E-state index contributed by atoms with van der Waals surface area (Å²) in [6.07, 6.45) is 2.11. The van der Waals surface area contributed by atoms with Crippen molar-refractivity contribution in [1.29, 1.82) is 0 Å². The van der Waals surface area contributed by atoms with E-state index in [9.17, 15) is 8.42 Å². The normalized spacial score (nSPS) is 20.6. The molecule has 0 aromatic heterocycles. The molecular formula is C13H18N2O3S. The summed E-state index contributed by atoms with van der Waals surface area (Å²) in [6.45, 7) is 2.73. The lowest BCUT2D eigenvalue weighted by atomic mass is 10.0. The lowest BCUT2D eigenvalue weighted by Gasteiger charge is -2.27. The smallest absolute Gasteiger partial charge is 0.243 e. The predicted octanol–water partition coefficient (Wildman–Crippen LogP) is 1.07. The molecule has 3 rings (SSSR count). The van der Waals surface area contributed by atoms with Crippen molar-refractivity contribution in [3.8, 4) is 0 Å². The first-order chi connectivity index (χ1) is 9.18. The lowest BCUT2D eigenvalue weighted by Crippen LogP contribution is -2.40. The van der Waals surface area contributed by atoms with Gasteiger partial charge < -0.3 is 10.1 Å². The Morgan fingerprint density at radius 1 is 1.21 bits per heavy atom. The van der Waals surface area contributed by atoms with Gasteiger partial charge in [-0.2, -0.15) is 4.31 Å². The average molecular weight is 282 g/mol. The Morgan fingerprint density at radius 3 is 2.79 bits per heavy atom. The van der Waals surface area contributed by atoms with Crippen LogP contribution in [-0.4, -0.2) is 45.6 Å². The number of aryl methyl sites for hydroxylation is 1. The summed E-state index contributed by atoms with van der Waals surface area (Å²) in [6, 6.07) is 5.41. The zero-order chi connectivity index (χ0) is 13.3. The van der Waals surface area contributed by atoms with Gasteiger partial charge in [0.2, 0.25) is 10.0 Å². The fraction of sp³-hybridized carbons (Fsp3) is 0.538. The topological polar surface area (TPSA) is 58.6 Å². The number of nitrogens with one attached hydrogen (secondary N) is 1. The largest absolute Gasteiger partial charge is 0.385 e. The van der Waals surface area contributed by atoms with Gasteiger partial charge in [0.25, 0.3) is 0 Å². The van der Waals surface area contributed by atoms with Gasteiger partial charge in [-0.05, 0) is 30.5 Å². The fourth-order valence-electron chi connectivity index (χ4n) is 2.54. The zero-order valence-corrected chi connectivity index (χ0v) is 11.6. The molecule has 2 heterocycles. The fourth-order valence-corrected chi connectivity index (χ4v) is 3.97. The first-order valence-corrected chi connectivity index (χ1v) is 8.07. The molecular weight excluding hydrogens is 264 g/mol. The van der Waals surface area contributed by atoms with E-state index in [-0.39, 0.29) is 0 Å². The van der Waals surface area contributed by atoms with Gasteiger partial charge in [0.05, 0.1) is 18.1 Å². The number of nitrogens with zero attached hydrogens (tertiary/aromatic N) is 1. The molecule has 0 radical (unpaired) electrons. The van der Waals surface area contributed by atoms with Crippen LogP contribution in [0.4, 0.5) is 5.69 Å². The van der Waals surface area contributed by atoms with Crippen LogP contribution in [0.25, 0.3) is 0 Å². The Kier molecular flexibility index (Phi) is 3.47. The lowest BCUT2D eigenvalue weighted by molar-refractivity contribution is 0.0730. The van der Waals surface area contributed by atoms with E-state index < -0.39 is 10.0 Å². The maximum absolute atomic E-state index is 12.5.